The summed E-state index contributed by atoms with van der Waals surface area (Å²) in [6.45, 7) is 8.88. The summed E-state index contributed by atoms with van der Waals surface area (Å²) in [5.74, 6) is 0.912. The number of hydrogen-bond acceptors (Lipinski definition) is 2. The molecule has 0 radical (unpaired) electrons. The van der Waals surface area contributed by atoms with E-state index in [-0.39, 0.29) is 0 Å². The van der Waals surface area contributed by atoms with E-state index in [0.29, 0.717) is 18.2 Å². The molecule has 116 valence electrons. The van der Waals surface area contributed by atoms with Crippen molar-refractivity contribution in [2.24, 2.45) is 5.92 Å². The predicted octanol–water partition coefficient (Wildman–Crippen LogP) is 3.42. The molecule has 0 saturated carbocycles. The van der Waals surface area contributed by atoms with Crippen LogP contribution in [0.25, 0.3) is 0 Å². The Labute approximate surface area is 132 Å². The van der Waals surface area contributed by atoms with Gasteiger partial charge in [-0.25, -0.2) is 0 Å². The summed E-state index contributed by atoms with van der Waals surface area (Å²) in [6, 6.07) is 8.01. The van der Waals surface area contributed by atoms with Crippen molar-refractivity contribution in [3.8, 4) is 0 Å². The van der Waals surface area contributed by atoms with E-state index in [1.165, 1.54) is 5.56 Å². The van der Waals surface area contributed by atoms with Gasteiger partial charge in [-0.3, -0.25) is 9.69 Å². The molecule has 0 atom stereocenters. The van der Waals surface area contributed by atoms with E-state index in [9.17, 15) is 4.79 Å². The second-order valence-electron chi connectivity index (χ2n) is 6.22. The van der Waals surface area contributed by atoms with Gasteiger partial charge >= 0.3 is 0 Å². The van der Waals surface area contributed by atoms with E-state index in [2.05, 4.69) is 30.9 Å². The van der Waals surface area contributed by atoms with Gasteiger partial charge in [0.05, 0.1) is 0 Å². The maximum Gasteiger partial charge on any atom is 0.222 e. The molecule has 1 aliphatic rings. The summed E-state index contributed by atoms with van der Waals surface area (Å²) >= 11 is 5.90. The van der Waals surface area contributed by atoms with Crippen LogP contribution in [0.15, 0.2) is 24.3 Å². The van der Waals surface area contributed by atoms with E-state index >= 15 is 0 Å². The summed E-state index contributed by atoms with van der Waals surface area (Å²) in [7, 11) is 0. The zero-order valence-corrected chi connectivity index (χ0v) is 13.8. The number of amides is 1. The smallest absolute Gasteiger partial charge is 0.222 e. The topological polar surface area (TPSA) is 23.6 Å². The second-order valence-corrected chi connectivity index (χ2v) is 6.65. The normalized spacial score (nSPS) is 16.5. The Balaban J connectivity index is 1.75. The molecule has 0 spiro atoms. The maximum absolute atomic E-state index is 12.1. The first kappa shape index (κ1) is 16.3. The van der Waals surface area contributed by atoms with Gasteiger partial charge in [0.25, 0.3) is 0 Å². The molecule has 1 amide bonds. The quantitative estimate of drug-likeness (QED) is 0.832. The zero-order chi connectivity index (χ0) is 15.2. The Kier molecular flexibility index (Phi) is 6.07. The molecule has 1 aliphatic heterocycles. The fourth-order valence-corrected chi connectivity index (χ4v) is 2.70. The molecule has 1 heterocycles. The lowest BCUT2D eigenvalue weighted by Gasteiger charge is -2.35. The molecule has 2 rings (SSSR count). The van der Waals surface area contributed by atoms with Crippen LogP contribution in [-0.2, 0) is 11.3 Å². The third-order valence-corrected chi connectivity index (χ3v) is 4.23. The van der Waals surface area contributed by atoms with Gasteiger partial charge in [0.1, 0.15) is 0 Å². The minimum absolute atomic E-state index is 0.315. The molecule has 4 heteroatoms. The van der Waals surface area contributed by atoms with Crippen molar-refractivity contribution in [2.75, 3.05) is 26.2 Å². The molecule has 1 aromatic rings. The molecule has 0 unspecified atom stereocenters. The molecule has 0 bridgehead atoms. The lowest BCUT2D eigenvalue weighted by molar-refractivity contribution is -0.133. The van der Waals surface area contributed by atoms with Crippen molar-refractivity contribution in [3.05, 3.63) is 34.9 Å². The standard InChI is InChI=1S/C17H25ClN2O/c1-14(2)3-8-17(21)20-11-9-19(10-12-20)13-15-4-6-16(18)7-5-15/h4-7,14H,3,8-13H2,1-2H3. The Hall–Kier alpha value is -1.06. The highest BCUT2D eigenvalue weighted by Gasteiger charge is 2.20. The Morgan fingerprint density at radius 2 is 1.76 bits per heavy atom. The number of nitrogens with zero attached hydrogens (tertiary/aromatic N) is 2. The molecule has 3 nitrogen and oxygen atoms in total. The van der Waals surface area contributed by atoms with E-state index < -0.39 is 0 Å². The molecule has 0 aliphatic carbocycles. The van der Waals surface area contributed by atoms with Gasteiger partial charge in [0.2, 0.25) is 5.91 Å². The fraction of sp³-hybridized carbons (Fsp3) is 0.588. The number of carbonyl (C=O) groups excluding carboxylic acids is 1. The minimum Gasteiger partial charge on any atom is -0.340 e. The monoisotopic (exact) mass is 308 g/mol. The largest absolute Gasteiger partial charge is 0.340 e. The van der Waals surface area contributed by atoms with Crippen LogP contribution in [0.1, 0.15) is 32.3 Å². The molecule has 0 aromatic heterocycles. The Bertz CT molecular complexity index is 450. The van der Waals surface area contributed by atoms with E-state index in [0.717, 1.165) is 44.2 Å². The van der Waals surface area contributed by atoms with E-state index in [1.54, 1.807) is 0 Å². The number of benzene rings is 1. The first-order chi connectivity index (χ1) is 10.0. The van der Waals surface area contributed by atoms with Crippen LogP contribution in [0, 0.1) is 5.92 Å². The highest BCUT2D eigenvalue weighted by molar-refractivity contribution is 6.30. The SMILES string of the molecule is CC(C)CCC(=O)N1CCN(Cc2ccc(Cl)cc2)CC1. The van der Waals surface area contributed by atoms with Gasteiger partial charge in [-0.15, -0.1) is 0 Å². The highest BCUT2D eigenvalue weighted by Crippen LogP contribution is 2.14. The lowest BCUT2D eigenvalue weighted by Crippen LogP contribution is -2.48. The number of carbonyl (C=O) groups is 1. The van der Waals surface area contributed by atoms with Crippen LogP contribution < -0.4 is 0 Å². The highest BCUT2D eigenvalue weighted by atomic mass is 35.5. The van der Waals surface area contributed by atoms with Gasteiger partial charge in [-0.05, 0) is 30.0 Å². The van der Waals surface area contributed by atoms with E-state index in [1.807, 2.05) is 17.0 Å². The number of rotatable bonds is 5. The summed E-state index contributed by atoms with van der Waals surface area (Å²) in [4.78, 5) is 16.5. The van der Waals surface area contributed by atoms with Crippen LogP contribution in [0.4, 0.5) is 0 Å². The average molecular weight is 309 g/mol. The minimum atomic E-state index is 0.315. The van der Waals surface area contributed by atoms with Gasteiger partial charge in [-0.2, -0.15) is 0 Å². The molecule has 1 fully saturated rings. The number of piperazine rings is 1. The zero-order valence-electron chi connectivity index (χ0n) is 13.0. The Morgan fingerprint density at radius 1 is 1.14 bits per heavy atom. The average Bonchev–Trinajstić information content (AvgIpc) is 2.48. The van der Waals surface area contributed by atoms with Crippen LogP contribution >= 0.6 is 11.6 Å². The lowest BCUT2D eigenvalue weighted by atomic mass is 10.1. The molecular weight excluding hydrogens is 284 g/mol. The van der Waals surface area contributed by atoms with Gasteiger partial charge < -0.3 is 4.90 Å². The second kappa shape index (κ2) is 7.81. The predicted molar refractivity (Wildman–Crippen MR) is 87.4 cm³/mol. The van der Waals surface area contributed by atoms with E-state index in [4.69, 9.17) is 11.6 Å². The summed E-state index contributed by atoms with van der Waals surface area (Å²) in [5, 5.41) is 0.777. The molecule has 1 saturated heterocycles. The molecular formula is C17H25ClN2O. The van der Waals surface area contributed by atoms with Crippen LogP contribution in [-0.4, -0.2) is 41.9 Å². The summed E-state index contributed by atoms with van der Waals surface area (Å²) < 4.78 is 0. The van der Waals surface area contributed by atoms with Crippen molar-refractivity contribution < 1.29 is 4.79 Å². The number of hydrogen-bond donors (Lipinski definition) is 0. The fourth-order valence-electron chi connectivity index (χ4n) is 2.57. The molecule has 0 N–H and O–H groups in total. The van der Waals surface area contributed by atoms with Crippen molar-refractivity contribution in [2.45, 2.75) is 33.2 Å². The third-order valence-electron chi connectivity index (χ3n) is 3.98. The molecule has 1 aromatic carbocycles. The van der Waals surface area contributed by atoms with Gasteiger partial charge in [0.15, 0.2) is 0 Å². The summed E-state index contributed by atoms with van der Waals surface area (Å²) in [5.41, 5.74) is 1.28. The first-order valence-electron chi connectivity index (χ1n) is 7.79. The van der Waals surface area contributed by atoms with Crippen LogP contribution in [0.3, 0.4) is 0 Å². The summed E-state index contributed by atoms with van der Waals surface area (Å²) in [6.07, 6.45) is 1.68. The van der Waals surface area contributed by atoms with Crippen molar-refractivity contribution in [1.29, 1.82) is 0 Å². The van der Waals surface area contributed by atoms with Crippen molar-refractivity contribution in [3.63, 3.8) is 0 Å². The van der Waals surface area contributed by atoms with Gasteiger partial charge in [-0.1, -0.05) is 37.6 Å². The third kappa shape index (κ3) is 5.33. The van der Waals surface area contributed by atoms with Crippen molar-refractivity contribution >= 4 is 17.5 Å². The molecule has 21 heavy (non-hydrogen) atoms. The number of halogens is 1. The first-order valence-corrected chi connectivity index (χ1v) is 8.17. The van der Waals surface area contributed by atoms with Crippen LogP contribution in [0.2, 0.25) is 5.02 Å². The Morgan fingerprint density at radius 3 is 2.33 bits per heavy atom. The van der Waals surface area contributed by atoms with Gasteiger partial charge in [0, 0.05) is 44.2 Å². The maximum atomic E-state index is 12.1. The van der Waals surface area contributed by atoms with Crippen LogP contribution in [0.5, 0.6) is 0 Å². The van der Waals surface area contributed by atoms with Crippen molar-refractivity contribution in [1.82, 2.24) is 9.80 Å².